The number of carbonyl (C=O) groups is 1. The molecular weight excluding hydrogens is 296 g/mol. The Balaban J connectivity index is 1.76. The number of carbonyl (C=O) groups excluding carboxylic acids is 1. The molecule has 0 saturated carbocycles. The van der Waals surface area contributed by atoms with Gasteiger partial charge in [-0.3, -0.25) is 14.3 Å². The largest absolute Gasteiger partial charge is 0.444 e. The molecule has 3 rings (SSSR count). The second-order valence-corrected chi connectivity index (χ2v) is 6.71. The van der Waals surface area contributed by atoms with Crippen molar-refractivity contribution >= 4 is 17.0 Å². The Labute approximate surface area is 133 Å². The SMILES string of the molecule is CC(C)(C)OC(=O)N1CCC1Cn1cnc2cnccc2c1=O. The second kappa shape index (κ2) is 5.64. The number of amides is 1. The van der Waals surface area contributed by atoms with Gasteiger partial charge in [-0.1, -0.05) is 0 Å². The highest BCUT2D eigenvalue weighted by Gasteiger charge is 2.35. The topological polar surface area (TPSA) is 77.3 Å². The zero-order valence-corrected chi connectivity index (χ0v) is 13.5. The molecule has 0 N–H and O–H groups in total. The maximum Gasteiger partial charge on any atom is 0.410 e. The van der Waals surface area contributed by atoms with E-state index in [1.54, 1.807) is 27.9 Å². The van der Waals surface area contributed by atoms with E-state index in [1.165, 1.54) is 6.33 Å². The molecule has 1 aliphatic heterocycles. The van der Waals surface area contributed by atoms with Gasteiger partial charge in [-0.15, -0.1) is 0 Å². The lowest BCUT2D eigenvalue weighted by Crippen LogP contribution is -2.55. The standard InChI is InChI=1S/C16H20N4O3/c1-16(2,3)23-15(22)20-7-5-11(20)9-19-10-18-13-8-17-6-4-12(13)14(19)21/h4,6,8,10-11H,5,7,9H2,1-3H3. The van der Waals surface area contributed by atoms with Gasteiger partial charge >= 0.3 is 6.09 Å². The third kappa shape index (κ3) is 3.18. The third-order valence-electron chi connectivity index (χ3n) is 3.81. The highest BCUT2D eigenvalue weighted by Crippen LogP contribution is 2.22. The van der Waals surface area contributed by atoms with Crippen LogP contribution in [0.3, 0.4) is 0 Å². The zero-order valence-electron chi connectivity index (χ0n) is 13.5. The Morgan fingerprint density at radius 1 is 1.43 bits per heavy atom. The Morgan fingerprint density at radius 3 is 2.87 bits per heavy atom. The molecule has 0 radical (unpaired) electrons. The van der Waals surface area contributed by atoms with Crippen molar-refractivity contribution in [3.8, 4) is 0 Å². The van der Waals surface area contributed by atoms with E-state index >= 15 is 0 Å². The predicted molar refractivity (Wildman–Crippen MR) is 85.1 cm³/mol. The van der Waals surface area contributed by atoms with Crippen molar-refractivity contribution in [2.75, 3.05) is 6.54 Å². The molecular formula is C16H20N4O3. The summed E-state index contributed by atoms with van der Waals surface area (Å²) in [4.78, 5) is 34.5. The minimum absolute atomic E-state index is 0.0383. The molecule has 122 valence electrons. The van der Waals surface area contributed by atoms with Crippen molar-refractivity contribution in [2.24, 2.45) is 0 Å². The van der Waals surface area contributed by atoms with Gasteiger partial charge in [-0.05, 0) is 33.3 Å². The van der Waals surface area contributed by atoms with Gasteiger partial charge in [0.1, 0.15) is 5.60 Å². The molecule has 1 amide bonds. The molecule has 1 unspecified atom stereocenters. The molecule has 7 nitrogen and oxygen atoms in total. The van der Waals surface area contributed by atoms with Gasteiger partial charge in [0.05, 0.1) is 29.5 Å². The number of hydrogen-bond acceptors (Lipinski definition) is 5. The predicted octanol–water partition coefficient (Wildman–Crippen LogP) is 1.80. The van der Waals surface area contributed by atoms with Gasteiger partial charge < -0.3 is 9.64 Å². The van der Waals surface area contributed by atoms with Gasteiger partial charge in [0.25, 0.3) is 5.56 Å². The van der Waals surface area contributed by atoms with Crippen LogP contribution in [0.15, 0.2) is 29.6 Å². The van der Waals surface area contributed by atoms with E-state index < -0.39 is 5.60 Å². The van der Waals surface area contributed by atoms with Crippen molar-refractivity contribution in [1.29, 1.82) is 0 Å². The number of pyridine rings is 1. The van der Waals surface area contributed by atoms with Crippen molar-refractivity contribution in [1.82, 2.24) is 19.4 Å². The Hall–Kier alpha value is -2.44. The smallest absolute Gasteiger partial charge is 0.410 e. The van der Waals surface area contributed by atoms with Gasteiger partial charge in [0.2, 0.25) is 0 Å². The molecule has 23 heavy (non-hydrogen) atoms. The molecule has 2 aromatic heterocycles. The highest BCUT2D eigenvalue weighted by atomic mass is 16.6. The van der Waals surface area contributed by atoms with Crippen LogP contribution < -0.4 is 5.56 Å². The third-order valence-corrected chi connectivity index (χ3v) is 3.81. The van der Waals surface area contributed by atoms with Crippen LogP contribution in [0.5, 0.6) is 0 Å². The molecule has 0 aromatic carbocycles. The van der Waals surface area contributed by atoms with E-state index in [9.17, 15) is 9.59 Å². The number of likely N-dealkylation sites (tertiary alicyclic amines) is 1. The summed E-state index contributed by atoms with van der Waals surface area (Å²) in [6.45, 7) is 6.59. The van der Waals surface area contributed by atoms with Crippen LogP contribution in [0, 0.1) is 0 Å². The normalized spacial score (nSPS) is 17.9. The number of fused-ring (bicyclic) bond motifs is 1. The Kier molecular flexibility index (Phi) is 3.79. The fourth-order valence-corrected chi connectivity index (χ4v) is 2.56. The average molecular weight is 316 g/mol. The first-order valence-electron chi connectivity index (χ1n) is 7.64. The first-order chi connectivity index (χ1) is 10.8. The first-order valence-corrected chi connectivity index (χ1v) is 7.64. The number of rotatable bonds is 2. The lowest BCUT2D eigenvalue weighted by molar-refractivity contribution is -0.00843. The monoisotopic (exact) mass is 316 g/mol. The molecule has 1 aliphatic rings. The highest BCUT2D eigenvalue weighted by molar-refractivity contribution is 5.75. The average Bonchev–Trinajstić information content (AvgIpc) is 2.43. The molecule has 0 spiro atoms. The second-order valence-electron chi connectivity index (χ2n) is 6.71. The summed E-state index contributed by atoms with van der Waals surface area (Å²) in [7, 11) is 0. The van der Waals surface area contributed by atoms with Crippen LogP contribution in [-0.4, -0.2) is 43.7 Å². The van der Waals surface area contributed by atoms with Crippen LogP contribution in [0.2, 0.25) is 0 Å². The summed E-state index contributed by atoms with van der Waals surface area (Å²) in [6.07, 6.45) is 5.17. The molecule has 1 fully saturated rings. The van der Waals surface area contributed by atoms with Crippen molar-refractivity contribution in [2.45, 2.75) is 45.4 Å². The minimum Gasteiger partial charge on any atom is -0.444 e. The van der Waals surface area contributed by atoms with E-state index in [2.05, 4.69) is 9.97 Å². The molecule has 0 bridgehead atoms. The van der Waals surface area contributed by atoms with Crippen LogP contribution in [-0.2, 0) is 11.3 Å². The van der Waals surface area contributed by atoms with Crippen LogP contribution in [0.1, 0.15) is 27.2 Å². The summed E-state index contributed by atoms with van der Waals surface area (Å²) in [6, 6.07) is 1.62. The maximum absolute atomic E-state index is 12.5. The number of aromatic nitrogens is 3. The van der Waals surface area contributed by atoms with E-state index in [4.69, 9.17) is 4.74 Å². The van der Waals surface area contributed by atoms with Crippen molar-refractivity contribution < 1.29 is 9.53 Å². The summed E-state index contributed by atoms with van der Waals surface area (Å²) in [5, 5.41) is 0.533. The molecule has 3 heterocycles. The fraction of sp³-hybridized carbons (Fsp3) is 0.500. The van der Waals surface area contributed by atoms with Crippen LogP contribution >= 0.6 is 0 Å². The molecule has 1 atom stereocenters. The lowest BCUT2D eigenvalue weighted by Gasteiger charge is -2.41. The summed E-state index contributed by atoms with van der Waals surface area (Å²) in [5.41, 5.74) is -0.0641. The number of ether oxygens (including phenoxy) is 1. The van der Waals surface area contributed by atoms with E-state index in [0.29, 0.717) is 24.0 Å². The van der Waals surface area contributed by atoms with E-state index in [-0.39, 0.29) is 17.7 Å². The van der Waals surface area contributed by atoms with Gasteiger partial charge in [0, 0.05) is 19.3 Å². The molecule has 7 heteroatoms. The van der Waals surface area contributed by atoms with Crippen LogP contribution in [0.4, 0.5) is 4.79 Å². The maximum atomic E-state index is 12.5. The summed E-state index contributed by atoms with van der Waals surface area (Å²) < 4.78 is 6.93. The first kappa shape index (κ1) is 15.5. The number of nitrogens with zero attached hydrogens (tertiary/aromatic N) is 4. The Morgan fingerprint density at radius 2 is 2.22 bits per heavy atom. The molecule has 0 aliphatic carbocycles. The Bertz CT molecular complexity index is 794. The van der Waals surface area contributed by atoms with E-state index in [1.807, 2.05) is 20.8 Å². The fourth-order valence-electron chi connectivity index (χ4n) is 2.56. The van der Waals surface area contributed by atoms with E-state index in [0.717, 1.165) is 6.42 Å². The van der Waals surface area contributed by atoms with Gasteiger partial charge in [-0.2, -0.15) is 0 Å². The van der Waals surface area contributed by atoms with Crippen molar-refractivity contribution in [3.05, 3.63) is 35.1 Å². The lowest BCUT2D eigenvalue weighted by atomic mass is 10.0. The van der Waals surface area contributed by atoms with Gasteiger partial charge in [-0.25, -0.2) is 9.78 Å². The summed E-state index contributed by atoms with van der Waals surface area (Å²) >= 11 is 0. The number of hydrogen-bond donors (Lipinski definition) is 0. The summed E-state index contributed by atoms with van der Waals surface area (Å²) in [5.74, 6) is 0. The zero-order chi connectivity index (χ0) is 16.6. The quantitative estimate of drug-likeness (QED) is 0.844. The van der Waals surface area contributed by atoms with Crippen molar-refractivity contribution in [3.63, 3.8) is 0 Å². The molecule has 2 aromatic rings. The van der Waals surface area contributed by atoms with Gasteiger partial charge in [0.15, 0.2) is 0 Å². The molecule has 1 saturated heterocycles. The minimum atomic E-state index is -0.522. The van der Waals surface area contributed by atoms with Crippen LogP contribution in [0.25, 0.3) is 10.9 Å².